The Morgan fingerprint density at radius 2 is 2.06 bits per heavy atom. The number of carbonyl (C=O) groups is 1. The highest BCUT2D eigenvalue weighted by Gasteiger charge is 2.19. The molecule has 0 aliphatic heterocycles. The van der Waals surface area contributed by atoms with Crippen molar-refractivity contribution in [2.24, 2.45) is 0 Å². The topological polar surface area (TPSA) is 137 Å². The van der Waals surface area contributed by atoms with Crippen molar-refractivity contribution < 1.29 is 18.4 Å². The van der Waals surface area contributed by atoms with Crippen molar-refractivity contribution in [2.75, 3.05) is 11.9 Å². The zero-order valence-electron chi connectivity index (χ0n) is 18.2. The second-order valence-electron chi connectivity index (χ2n) is 7.30. The van der Waals surface area contributed by atoms with Crippen LogP contribution >= 0.6 is 0 Å². The summed E-state index contributed by atoms with van der Waals surface area (Å²) in [7, 11) is 0. The summed E-state index contributed by atoms with van der Waals surface area (Å²) in [5, 5.41) is 6.30. The average Bonchev–Trinajstić information content (AvgIpc) is 3.47. The van der Waals surface area contributed by atoms with Crippen LogP contribution in [0.25, 0.3) is 22.7 Å². The van der Waals surface area contributed by atoms with E-state index in [0.29, 0.717) is 18.7 Å². The number of nitrogens with one attached hydrogen (secondary N) is 2. The fourth-order valence-corrected chi connectivity index (χ4v) is 3.31. The summed E-state index contributed by atoms with van der Waals surface area (Å²) < 4.78 is 26.0. The zero-order chi connectivity index (χ0) is 24.2. The Bertz CT molecular complexity index is 1460. The van der Waals surface area contributed by atoms with Crippen LogP contribution in [0, 0.1) is 5.82 Å². The summed E-state index contributed by atoms with van der Waals surface area (Å²) >= 11 is 0. The molecule has 0 radical (unpaired) electrons. The normalized spacial score (nSPS) is 11.0. The van der Waals surface area contributed by atoms with Crippen molar-refractivity contribution in [2.45, 2.75) is 26.4 Å². The van der Waals surface area contributed by atoms with Crippen LogP contribution in [0.4, 0.5) is 10.1 Å². The van der Waals surface area contributed by atoms with Crippen molar-refractivity contribution >= 4 is 22.8 Å². The monoisotopic (exact) mass is 468 g/mol. The summed E-state index contributed by atoms with van der Waals surface area (Å²) in [5.74, 6) is -0.562. The molecule has 12 heteroatoms. The maximum atomic E-state index is 13.0. The van der Waals surface area contributed by atoms with Crippen molar-refractivity contribution in [3.05, 3.63) is 69.6 Å². The Balaban J connectivity index is 1.55. The molecule has 0 aliphatic carbocycles. The van der Waals surface area contributed by atoms with E-state index in [2.05, 4.69) is 27.0 Å². The molecular weight excluding hydrogens is 447 g/mol. The molecule has 2 N–H and O–H groups in total. The molecule has 0 aliphatic rings. The van der Waals surface area contributed by atoms with E-state index < -0.39 is 23.0 Å². The predicted octanol–water partition coefficient (Wildman–Crippen LogP) is 2.29. The summed E-state index contributed by atoms with van der Waals surface area (Å²) in [6, 6.07) is 6.68. The third-order valence-corrected chi connectivity index (χ3v) is 4.82. The molecule has 3 aromatic heterocycles. The maximum Gasteiger partial charge on any atom is 0.333 e. The standard InChI is InChI=1S/C22H21FN6O5/c1-3-9-28-20-18(21(31)29(10-4-2)22(28)32)25-19(26-20)15-11-17(27-34-15)33-12-16(30)24-14-7-5-13(23)6-8-14/h4-8,11H,2-3,9-10,12H2,1H3,(H,24,30)(H,25,26). The SMILES string of the molecule is C=CCn1c(=O)c2[nH]c(-c3cc(OCC(=O)Nc4ccc(F)cc4)no3)nc2n(CCC)c1=O. The quantitative estimate of drug-likeness (QED) is 0.360. The number of anilines is 1. The van der Waals surface area contributed by atoms with Crippen LogP contribution in [-0.4, -0.2) is 36.8 Å². The number of halogens is 1. The number of nitrogens with zero attached hydrogens (tertiary/aromatic N) is 4. The van der Waals surface area contributed by atoms with Gasteiger partial charge in [0.15, 0.2) is 23.6 Å². The van der Waals surface area contributed by atoms with Crippen LogP contribution in [0.1, 0.15) is 13.3 Å². The molecule has 3 heterocycles. The van der Waals surface area contributed by atoms with Gasteiger partial charge in [0.25, 0.3) is 17.3 Å². The van der Waals surface area contributed by atoms with E-state index in [0.717, 1.165) is 4.57 Å². The van der Waals surface area contributed by atoms with E-state index in [4.69, 9.17) is 9.26 Å². The van der Waals surface area contributed by atoms with Gasteiger partial charge in [0.1, 0.15) is 5.82 Å². The Labute approximate surface area is 191 Å². The molecule has 176 valence electrons. The maximum absolute atomic E-state index is 13.0. The largest absolute Gasteiger partial charge is 0.465 e. The van der Waals surface area contributed by atoms with Gasteiger partial charge in [0, 0.05) is 18.8 Å². The first kappa shape index (κ1) is 22.7. The van der Waals surface area contributed by atoms with Crippen molar-refractivity contribution in [1.82, 2.24) is 24.3 Å². The Hall–Kier alpha value is -4.48. The molecule has 0 fully saturated rings. The fourth-order valence-electron chi connectivity index (χ4n) is 3.31. The van der Waals surface area contributed by atoms with Gasteiger partial charge in [-0.05, 0) is 35.8 Å². The highest BCUT2D eigenvalue weighted by molar-refractivity contribution is 5.91. The molecule has 0 unspecified atom stereocenters. The summed E-state index contributed by atoms with van der Waals surface area (Å²) in [5.41, 5.74) is -0.254. The van der Waals surface area contributed by atoms with Crippen molar-refractivity contribution in [3.8, 4) is 17.5 Å². The van der Waals surface area contributed by atoms with Crippen molar-refractivity contribution in [1.29, 1.82) is 0 Å². The molecule has 0 saturated carbocycles. The molecule has 11 nitrogen and oxygen atoms in total. The van der Waals surface area contributed by atoms with E-state index in [1.807, 2.05) is 6.92 Å². The Morgan fingerprint density at radius 1 is 1.29 bits per heavy atom. The number of aromatic nitrogens is 5. The van der Waals surface area contributed by atoms with Gasteiger partial charge in [-0.25, -0.2) is 14.2 Å². The number of fused-ring (bicyclic) bond motifs is 1. The van der Waals surface area contributed by atoms with Crippen LogP contribution < -0.4 is 21.3 Å². The van der Waals surface area contributed by atoms with Crippen LogP contribution in [0.3, 0.4) is 0 Å². The Kier molecular flexibility index (Phi) is 6.39. The van der Waals surface area contributed by atoms with Gasteiger partial charge in [-0.3, -0.25) is 18.7 Å². The number of aryl methyl sites for hydroxylation is 1. The number of imidazole rings is 1. The Morgan fingerprint density at radius 3 is 2.76 bits per heavy atom. The lowest BCUT2D eigenvalue weighted by molar-refractivity contribution is -0.118. The van der Waals surface area contributed by atoms with Gasteiger partial charge in [-0.1, -0.05) is 13.0 Å². The van der Waals surface area contributed by atoms with Gasteiger partial charge >= 0.3 is 5.69 Å². The van der Waals surface area contributed by atoms with Gasteiger partial charge in [0.2, 0.25) is 5.76 Å². The molecule has 4 aromatic rings. The van der Waals surface area contributed by atoms with Gasteiger partial charge in [-0.2, -0.15) is 0 Å². The molecule has 4 rings (SSSR count). The molecule has 34 heavy (non-hydrogen) atoms. The number of ether oxygens (including phenoxy) is 1. The first-order chi connectivity index (χ1) is 16.4. The van der Waals surface area contributed by atoms with Gasteiger partial charge in [0.05, 0.1) is 6.07 Å². The number of rotatable bonds is 9. The molecule has 0 saturated heterocycles. The number of benzene rings is 1. The van der Waals surface area contributed by atoms with E-state index in [9.17, 15) is 18.8 Å². The number of aromatic amines is 1. The highest BCUT2D eigenvalue weighted by Crippen LogP contribution is 2.22. The van der Waals surface area contributed by atoms with Crippen LogP contribution in [-0.2, 0) is 17.9 Å². The number of hydrogen-bond acceptors (Lipinski definition) is 7. The zero-order valence-corrected chi connectivity index (χ0v) is 18.2. The summed E-state index contributed by atoms with van der Waals surface area (Å²) in [4.78, 5) is 44.8. The molecule has 1 amide bonds. The van der Waals surface area contributed by atoms with Crippen molar-refractivity contribution in [3.63, 3.8) is 0 Å². The van der Waals surface area contributed by atoms with E-state index in [-0.39, 0.29) is 41.8 Å². The molecule has 0 bridgehead atoms. The molecule has 0 atom stereocenters. The average molecular weight is 468 g/mol. The predicted molar refractivity (Wildman–Crippen MR) is 121 cm³/mol. The minimum atomic E-state index is -0.528. The van der Waals surface area contributed by atoms with Crippen LogP contribution in [0.5, 0.6) is 5.88 Å². The fraction of sp³-hybridized carbons (Fsp3) is 0.227. The van der Waals surface area contributed by atoms with Gasteiger partial charge in [-0.15, -0.1) is 6.58 Å². The molecular formula is C22H21FN6O5. The lowest BCUT2D eigenvalue weighted by Gasteiger charge is -2.08. The second kappa shape index (κ2) is 9.57. The number of amides is 1. The van der Waals surface area contributed by atoms with E-state index in [1.54, 1.807) is 0 Å². The van der Waals surface area contributed by atoms with Gasteiger partial charge < -0.3 is 19.6 Å². The smallest absolute Gasteiger partial charge is 0.333 e. The van der Waals surface area contributed by atoms with E-state index in [1.165, 1.54) is 41.0 Å². The number of hydrogen-bond donors (Lipinski definition) is 2. The first-order valence-corrected chi connectivity index (χ1v) is 10.4. The molecule has 0 spiro atoms. The minimum absolute atomic E-state index is 0.0136. The minimum Gasteiger partial charge on any atom is -0.465 e. The third kappa shape index (κ3) is 4.51. The highest BCUT2D eigenvalue weighted by atomic mass is 19.1. The van der Waals surface area contributed by atoms with Crippen LogP contribution in [0.2, 0.25) is 0 Å². The summed E-state index contributed by atoms with van der Waals surface area (Å²) in [6.45, 7) is 5.55. The van der Waals surface area contributed by atoms with Crippen LogP contribution in [0.15, 0.2) is 57.1 Å². The third-order valence-electron chi connectivity index (χ3n) is 4.82. The lowest BCUT2D eigenvalue weighted by atomic mass is 10.3. The summed E-state index contributed by atoms with van der Waals surface area (Å²) in [6.07, 6.45) is 2.12. The lowest BCUT2D eigenvalue weighted by Crippen LogP contribution is -2.39. The molecule has 1 aromatic carbocycles. The number of allylic oxidation sites excluding steroid dienone is 1. The van der Waals surface area contributed by atoms with E-state index >= 15 is 0 Å². The number of carbonyl (C=O) groups excluding carboxylic acids is 1. The number of H-pyrrole nitrogens is 1. The second-order valence-corrected chi connectivity index (χ2v) is 7.30. The first-order valence-electron chi connectivity index (χ1n) is 10.4.